The number of hydrogen-bond acceptors (Lipinski definition) is 3. The maximum Gasteiger partial charge on any atom is 0.307 e. The number of ether oxygens (including phenoxy) is 1. The van der Waals surface area contributed by atoms with E-state index in [9.17, 15) is 4.79 Å². The summed E-state index contributed by atoms with van der Waals surface area (Å²) in [7, 11) is 0. The fourth-order valence-corrected chi connectivity index (χ4v) is 2.42. The molecule has 0 amide bonds. The van der Waals surface area contributed by atoms with Crippen LogP contribution in [0, 0.1) is 0 Å². The number of benzene rings is 1. The number of halogens is 2. The first kappa shape index (κ1) is 12.7. The Labute approximate surface area is 112 Å². The second-order valence-corrected chi connectivity index (χ2v) is 5.36. The molecule has 2 rings (SSSR count). The summed E-state index contributed by atoms with van der Waals surface area (Å²) in [5.74, 6) is -0.364. The smallest absolute Gasteiger partial charge is 0.307 e. The SMILES string of the molecule is O=C(O)CC1(Oc2ccc(Br)cc2Cl)CNC1. The molecule has 2 N–H and O–H groups in total. The maximum absolute atomic E-state index is 10.8. The van der Waals surface area contributed by atoms with Crippen LogP contribution in [-0.4, -0.2) is 29.8 Å². The third-order valence-electron chi connectivity index (χ3n) is 2.59. The van der Waals surface area contributed by atoms with Gasteiger partial charge in [0.05, 0.1) is 11.4 Å². The summed E-state index contributed by atoms with van der Waals surface area (Å²) >= 11 is 9.33. The normalized spacial score (nSPS) is 17.3. The van der Waals surface area contributed by atoms with Crippen molar-refractivity contribution in [2.24, 2.45) is 0 Å². The van der Waals surface area contributed by atoms with Crippen molar-refractivity contribution in [2.45, 2.75) is 12.0 Å². The molecule has 17 heavy (non-hydrogen) atoms. The van der Waals surface area contributed by atoms with Gasteiger partial charge in [0.1, 0.15) is 11.4 Å². The molecule has 0 aromatic heterocycles. The van der Waals surface area contributed by atoms with Gasteiger partial charge in [-0.3, -0.25) is 4.79 Å². The number of carboxylic acid groups (broad SMARTS) is 1. The molecule has 92 valence electrons. The number of hydrogen-bond donors (Lipinski definition) is 2. The molecule has 4 nitrogen and oxygen atoms in total. The van der Waals surface area contributed by atoms with Crippen LogP contribution in [0.5, 0.6) is 5.75 Å². The third kappa shape index (κ3) is 2.91. The highest BCUT2D eigenvalue weighted by atomic mass is 79.9. The number of carboxylic acids is 1. The Bertz CT molecular complexity index is 448. The van der Waals surface area contributed by atoms with Crippen LogP contribution in [-0.2, 0) is 4.79 Å². The Balaban J connectivity index is 2.15. The maximum atomic E-state index is 10.8. The highest BCUT2D eigenvalue weighted by molar-refractivity contribution is 9.10. The van der Waals surface area contributed by atoms with E-state index in [1.165, 1.54) is 0 Å². The molecule has 1 heterocycles. The van der Waals surface area contributed by atoms with E-state index in [2.05, 4.69) is 21.2 Å². The summed E-state index contributed by atoms with van der Waals surface area (Å²) in [6, 6.07) is 5.26. The minimum Gasteiger partial charge on any atom is -0.482 e. The first-order valence-electron chi connectivity index (χ1n) is 5.07. The van der Waals surface area contributed by atoms with Crippen molar-refractivity contribution in [2.75, 3.05) is 13.1 Å². The van der Waals surface area contributed by atoms with Crippen LogP contribution < -0.4 is 10.1 Å². The van der Waals surface area contributed by atoms with Gasteiger partial charge >= 0.3 is 5.97 Å². The van der Waals surface area contributed by atoms with E-state index >= 15 is 0 Å². The van der Waals surface area contributed by atoms with Crippen LogP contribution >= 0.6 is 27.5 Å². The molecule has 1 aliphatic heterocycles. The van der Waals surface area contributed by atoms with Gasteiger partial charge in [-0.15, -0.1) is 0 Å². The fourth-order valence-electron chi connectivity index (χ4n) is 1.70. The van der Waals surface area contributed by atoms with E-state index in [1.807, 2.05) is 6.07 Å². The van der Waals surface area contributed by atoms with Crippen LogP contribution in [0.1, 0.15) is 6.42 Å². The van der Waals surface area contributed by atoms with Gasteiger partial charge in [0, 0.05) is 17.6 Å². The zero-order valence-electron chi connectivity index (χ0n) is 8.87. The monoisotopic (exact) mass is 319 g/mol. The predicted octanol–water partition coefficient (Wildman–Crippen LogP) is 2.30. The van der Waals surface area contributed by atoms with E-state index < -0.39 is 11.6 Å². The Morgan fingerprint density at radius 3 is 2.76 bits per heavy atom. The van der Waals surface area contributed by atoms with E-state index in [-0.39, 0.29) is 6.42 Å². The van der Waals surface area contributed by atoms with Crippen LogP contribution in [0.3, 0.4) is 0 Å². The van der Waals surface area contributed by atoms with Gasteiger partial charge in [0.25, 0.3) is 0 Å². The second kappa shape index (κ2) is 4.84. The van der Waals surface area contributed by atoms with E-state index in [1.54, 1.807) is 12.1 Å². The molecule has 1 saturated heterocycles. The largest absolute Gasteiger partial charge is 0.482 e. The summed E-state index contributed by atoms with van der Waals surface area (Å²) in [6.07, 6.45) is -0.0353. The summed E-state index contributed by atoms with van der Waals surface area (Å²) in [5.41, 5.74) is -0.677. The van der Waals surface area contributed by atoms with Gasteiger partial charge in [-0.05, 0) is 18.2 Å². The van der Waals surface area contributed by atoms with Gasteiger partial charge in [0.2, 0.25) is 0 Å². The Morgan fingerprint density at radius 1 is 1.59 bits per heavy atom. The molecule has 0 spiro atoms. The zero-order chi connectivity index (χ0) is 12.5. The number of carbonyl (C=O) groups is 1. The molecule has 1 fully saturated rings. The summed E-state index contributed by atoms with van der Waals surface area (Å²) < 4.78 is 6.59. The van der Waals surface area contributed by atoms with Crippen LogP contribution in [0.15, 0.2) is 22.7 Å². The van der Waals surface area contributed by atoms with Crippen LogP contribution in [0.25, 0.3) is 0 Å². The minimum atomic E-state index is -0.875. The van der Waals surface area contributed by atoms with E-state index in [0.717, 1.165) is 4.47 Å². The highest BCUT2D eigenvalue weighted by Gasteiger charge is 2.42. The molecule has 1 aliphatic rings. The number of aliphatic carboxylic acids is 1. The molecule has 1 aromatic carbocycles. The van der Waals surface area contributed by atoms with Crippen LogP contribution in [0.2, 0.25) is 5.02 Å². The third-order valence-corrected chi connectivity index (χ3v) is 3.38. The van der Waals surface area contributed by atoms with Gasteiger partial charge in [-0.2, -0.15) is 0 Å². The van der Waals surface area contributed by atoms with Crippen molar-refractivity contribution >= 4 is 33.5 Å². The Morgan fingerprint density at radius 2 is 2.29 bits per heavy atom. The molecule has 6 heteroatoms. The van der Waals surface area contributed by atoms with Crippen molar-refractivity contribution < 1.29 is 14.6 Å². The quantitative estimate of drug-likeness (QED) is 0.894. The standard InChI is InChI=1S/C11H11BrClNO3/c12-7-1-2-9(8(13)3-7)17-11(4-10(15)16)5-14-6-11/h1-3,14H,4-6H2,(H,15,16). The second-order valence-electron chi connectivity index (χ2n) is 4.03. The van der Waals surface area contributed by atoms with Gasteiger partial charge < -0.3 is 15.2 Å². The summed E-state index contributed by atoms with van der Waals surface area (Å²) in [4.78, 5) is 10.8. The lowest BCUT2D eigenvalue weighted by molar-refractivity contribution is -0.143. The molecule has 0 bridgehead atoms. The lowest BCUT2D eigenvalue weighted by Crippen LogP contribution is -2.64. The first-order chi connectivity index (χ1) is 8.01. The van der Waals surface area contributed by atoms with Crippen molar-refractivity contribution in [1.29, 1.82) is 0 Å². The molecule has 0 atom stereocenters. The Kier molecular flexibility index (Phi) is 3.61. The van der Waals surface area contributed by atoms with Crippen molar-refractivity contribution in [1.82, 2.24) is 5.32 Å². The molecular formula is C11H11BrClNO3. The van der Waals surface area contributed by atoms with E-state index in [4.69, 9.17) is 21.4 Å². The van der Waals surface area contributed by atoms with Gasteiger partial charge in [-0.1, -0.05) is 27.5 Å². The molecule has 0 unspecified atom stereocenters. The van der Waals surface area contributed by atoms with Crippen molar-refractivity contribution in [3.8, 4) is 5.75 Å². The van der Waals surface area contributed by atoms with Gasteiger partial charge in [-0.25, -0.2) is 0 Å². The minimum absolute atomic E-state index is 0.0353. The van der Waals surface area contributed by atoms with Crippen molar-refractivity contribution in [3.63, 3.8) is 0 Å². The summed E-state index contributed by atoms with van der Waals surface area (Å²) in [5, 5.41) is 12.3. The zero-order valence-corrected chi connectivity index (χ0v) is 11.2. The van der Waals surface area contributed by atoms with Gasteiger partial charge in [0.15, 0.2) is 0 Å². The topological polar surface area (TPSA) is 58.6 Å². The lowest BCUT2D eigenvalue weighted by atomic mass is 9.92. The summed E-state index contributed by atoms with van der Waals surface area (Å²) in [6.45, 7) is 1.04. The fraction of sp³-hybridized carbons (Fsp3) is 0.364. The molecule has 0 saturated carbocycles. The molecule has 1 aromatic rings. The lowest BCUT2D eigenvalue weighted by Gasteiger charge is -2.41. The Hall–Kier alpha value is -0.780. The van der Waals surface area contributed by atoms with Crippen molar-refractivity contribution in [3.05, 3.63) is 27.7 Å². The predicted molar refractivity (Wildman–Crippen MR) is 67.6 cm³/mol. The molecule has 0 radical (unpaired) electrons. The first-order valence-corrected chi connectivity index (χ1v) is 6.24. The number of nitrogens with one attached hydrogen (secondary N) is 1. The van der Waals surface area contributed by atoms with Crippen LogP contribution in [0.4, 0.5) is 0 Å². The average Bonchev–Trinajstić information content (AvgIpc) is 2.18. The average molecular weight is 321 g/mol. The number of rotatable bonds is 4. The molecule has 0 aliphatic carbocycles. The highest BCUT2D eigenvalue weighted by Crippen LogP contribution is 2.33. The van der Waals surface area contributed by atoms with E-state index in [0.29, 0.717) is 23.9 Å². The molecular weight excluding hydrogens is 309 g/mol.